The van der Waals surface area contributed by atoms with Gasteiger partial charge in [0.1, 0.15) is 42.3 Å². The molecule has 0 unspecified atom stereocenters. The van der Waals surface area contributed by atoms with Gasteiger partial charge in [-0.2, -0.15) is 17.6 Å². The largest absolute Gasteiger partial charge is 0.481 e. The van der Waals surface area contributed by atoms with Crippen molar-refractivity contribution in [3.63, 3.8) is 0 Å². The molecule has 0 aliphatic carbocycles. The number of benzene rings is 2. The van der Waals surface area contributed by atoms with E-state index in [0.29, 0.717) is 22.5 Å². The molecule has 0 aliphatic heterocycles. The fourth-order valence-electron chi connectivity index (χ4n) is 8.89. The molecule has 22 N–H and O–H groups in total. The molecule has 0 radical (unpaired) electrons. The molecule has 98 heavy (non-hydrogen) atoms. The molecule has 0 aliphatic rings. The molecular weight excluding hydrogens is 1320 g/mol. The zero-order chi connectivity index (χ0) is 72.6. The van der Waals surface area contributed by atoms with Crippen LogP contribution in [0.2, 0.25) is 0 Å². The fraction of sp³-hybridized carbons (Fsp3) is 0.431. The SMILES string of the molecule is NC(=O)[C@H](CCCCNC(=O)CC[C@H](NC(=O)c1ccc(NCc2cnc3[nH]c(N)nc(=O)c3n2)cc1)C(=O)O)NC(=O)[C@H](CS)NC(=O)[C@H](CC(=O)O)NC(=O)[C@H](CC(=O)O)NC(=O)Cc1ccc(CNC(=O)NCCCC[C@H](NC(=O)N[C@@H](CCC(=O)O)C(=O)O)C(=O)O)cc1. The Bertz CT molecular complexity index is 3620. The minimum Gasteiger partial charge on any atom is -0.481 e. The van der Waals surface area contributed by atoms with E-state index in [0.717, 1.165) is 0 Å². The molecule has 0 spiro atoms. The van der Waals surface area contributed by atoms with Crippen molar-refractivity contribution in [2.24, 2.45) is 5.73 Å². The van der Waals surface area contributed by atoms with Crippen LogP contribution in [0.5, 0.6) is 0 Å². The van der Waals surface area contributed by atoms with Gasteiger partial charge in [-0.15, -0.1) is 0 Å². The maximum atomic E-state index is 13.5. The molecule has 40 heteroatoms. The van der Waals surface area contributed by atoms with Crippen LogP contribution < -0.4 is 75.5 Å². The molecule has 0 fully saturated rings. The topological polar surface area (TPSA) is 633 Å². The number of aromatic nitrogens is 4. The Kier molecular flexibility index (Phi) is 32.0. The fourth-order valence-corrected chi connectivity index (χ4v) is 9.15. The number of aliphatic carboxylic acids is 6. The van der Waals surface area contributed by atoms with E-state index in [2.05, 4.69) is 85.7 Å². The summed E-state index contributed by atoms with van der Waals surface area (Å²) in [6.45, 7) is 0.220. The number of carbonyl (C=O) groups is 15. The summed E-state index contributed by atoms with van der Waals surface area (Å²) >= 11 is 4.08. The van der Waals surface area contributed by atoms with E-state index >= 15 is 0 Å². The van der Waals surface area contributed by atoms with Crippen LogP contribution in [0.1, 0.15) is 104 Å². The molecule has 530 valence electrons. The molecule has 2 heterocycles. The highest BCUT2D eigenvalue weighted by atomic mass is 32.1. The standard InChI is InChI=1S/C58H75N17O22S/c59-46(84)33(5-1-3-19-61-40(76)17-15-35(54(92)93)69-48(85)30-11-13-31(14-12-30)63-25-32-26-64-47-45(66-32)52(89)75-56(60)74-47)68-51(88)39(27-98)71-50(87)38(23-44(82)83)70-49(86)37(22-43(80)81)67-41(77)21-28-7-9-29(10-8-28)24-65-57(96)62-20-4-2-6-34(53(90)91)72-58(97)73-36(55(94)95)16-18-42(78)79/h7-14,26,33-39,63,98H,1-6,15-25,27H2,(H2,59,84)(H,61,76)(H,67,77)(H,68,88)(H,69,85)(H,70,86)(H,71,87)(H,78,79)(H,80,81)(H,82,83)(H,90,91)(H,92,93)(H,94,95)(H2,62,65,96)(H2,72,73,97)(H3,60,64,74,75,89)/t33-,34-,35-,36-,37-,38-,39-/m0/s1. The summed E-state index contributed by atoms with van der Waals surface area (Å²) in [5, 5.41) is 82.7. The third kappa shape index (κ3) is 28.5. The number of hydrogen-bond donors (Lipinski definition) is 21. The van der Waals surface area contributed by atoms with Crippen molar-refractivity contribution >= 4 is 125 Å². The lowest BCUT2D eigenvalue weighted by atomic mass is 10.1. The first-order valence-corrected chi connectivity index (χ1v) is 30.6. The molecule has 2 aromatic heterocycles. The predicted octanol–water partition coefficient (Wildman–Crippen LogP) is -3.26. The van der Waals surface area contributed by atoms with Gasteiger partial charge in [0, 0.05) is 49.5 Å². The minimum atomic E-state index is -1.97. The number of rotatable bonds is 43. The van der Waals surface area contributed by atoms with Crippen LogP contribution >= 0.6 is 12.6 Å². The number of anilines is 2. The molecule has 7 atom stereocenters. The minimum absolute atomic E-state index is 0.0118. The molecule has 4 aromatic rings. The number of nitrogens with one attached hydrogen (secondary N) is 12. The van der Waals surface area contributed by atoms with Crippen LogP contribution in [0.15, 0.2) is 59.5 Å². The number of nitrogen functional groups attached to an aromatic ring is 1. The first kappa shape index (κ1) is 78.7. The lowest BCUT2D eigenvalue weighted by Gasteiger charge is -2.24. The van der Waals surface area contributed by atoms with Gasteiger partial charge in [0.2, 0.25) is 41.4 Å². The predicted molar refractivity (Wildman–Crippen MR) is 342 cm³/mol. The van der Waals surface area contributed by atoms with Gasteiger partial charge in [-0.1, -0.05) is 24.3 Å². The van der Waals surface area contributed by atoms with E-state index in [4.69, 9.17) is 16.6 Å². The van der Waals surface area contributed by atoms with Crippen LogP contribution in [-0.2, 0) is 77.0 Å². The monoisotopic (exact) mass is 1390 g/mol. The van der Waals surface area contributed by atoms with Crippen molar-refractivity contribution in [3.8, 4) is 0 Å². The van der Waals surface area contributed by atoms with Crippen molar-refractivity contribution in [2.75, 3.05) is 29.9 Å². The van der Waals surface area contributed by atoms with Gasteiger partial charge in [0.15, 0.2) is 11.2 Å². The smallest absolute Gasteiger partial charge is 0.326 e. The van der Waals surface area contributed by atoms with E-state index in [-0.39, 0.29) is 100 Å². The second-order valence-corrected chi connectivity index (χ2v) is 22.0. The summed E-state index contributed by atoms with van der Waals surface area (Å²) in [5.41, 5.74) is 12.5. The Labute approximate surface area is 560 Å². The number of H-pyrrole nitrogens is 1. The number of nitrogens with zero attached hydrogens (tertiary/aromatic N) is 3. The molecule has 2 aromatic carbocycles. The molecule has 0 saturated heterocycles. The van der Waals surface area contributed by atoms with Crippen molar-refractivity contribution in [1.29, 1.82) is 0 Å². The molecule has 39 nitrogen and oxygen atoms in total. The number of thiol groups is 1. The Morgan fingerprint density at radius 2 is 1.03 bits per heavy atom. The number of amides is 11. The van der Waals surface area contributed by atoms with Crippen LogP contribution in [-0.4, -0.2) is 201 Å². The Hall–Kier alpha value is -11.7. The highest BCUT2D eigenvalue weighted by molar-refractivity contribution is 7.80. The van der Waals surface area contributed by atoms with E-state index in [9.17, 15) is 102 Å². The maximum Gasteiger partial charge on any atom is 0.326 e. The molecule has 11 amide bonds. The van der Waals surface area contributed by atoms with Crippen molar-refractivity contribution in [1.82, 2.24) is 73.1 Å². The highest BCUT2D eigenvalue weighted by Crippen LogP contribution is 2.14. The number of unbranched alkanes of at least 4 members (excludes halogenated alkanes) is 2. The summed E-state index contributed by atoms with van der Waals surface area (Å²) in [7, 11) is 0. The molecule has 0 saturated carbocycles. The van der Waals surface area contributed by atoms with Gasteiger partial charge in [-0.3, -0.25) is 52.7 Å². The Morgan fingerprint density at radius 1 is 0.510 bits per heavy atom. The molecule has 0 bridgehead atoms. The number of aromatic amines is 1. The third-order valence-electron chi connectivity index (χ3n) is 14.0. The lowest BCUT2D eigenvalue weighted by Crippen LogP contribution is -2.59. The Balaban J connectivity index is 1.17. The number of nitrogens with two attached hydrogens (primary N) is 2. The van der Waals surface area contributed by atoms with Gasteiger partial charge in [0.05, 0.1) is 37.7 Å². The lowest BCUT2D eigenvalue weighted by molar-refractivity contribution is -0.143. The average molecular weight is 1390 g/mol. The number of carbonyl (C=O) groups excluding carboxylic acids is 9. The van der Waals surface area contributed by atoms with E-state index in [1.165, 1.54) is 42.6 Å². The van der Waals surface area contributed by atoms with Crippen LogP contribution in [0.4, 0.5) is 21.2 Å². The second-order valence-electron chi connectivity index (χ2n) is 21.7. The van der Waals surface area contributed by atoms with E-state index in [1.54, 1.807) is 12.1 Å². The quantitative estimate of drug-likeness (QED) is 0.0153. The van der Waals surface area contributed by atoms with Gasteiger partial charge >= 0.3 is 53.4 Å². The Morgan fingerprint density at radius 3 is 1.60 bits per heavy atom. The van der Waals surface area contributed by atoms with Crippen molar-refractivity contribution in [3.05, 3.63) is 87.5 Å². The zero-order valence-corrected chi connectivity index (χ0v) is 53.0. The second kappa shape index (κ2) is 39.8. The van der Waals surface area contributed by atoms with Gasteiger partial charge in [-0.05, 0) is 86.8 Å². The molecular formula is C58H75N17O22S. The van der Waals surface area contributed by atoms with Crippen molar-refractivity contribution in [2.45, 2.75) is 139 Å². The number of carboxylic acid groups (broad SMARTS) is 6. The summed E-state index contributed by atoms with van der Waals surface area (Å²) in [6, 6.07) is -0.995. The van der Waals surface area contributed by atoms with Gasteiger partial charge < -0.3 is 106 Å². The summed E-state index contributed by atoms with van der Waals surface area (Å²) in [5.74, 6) is -16.2. The molecule has 4 rings (SSSR count). The van der Waals surface area contributed by atoms with Crippen LogP contribution in [0.3, 0.4) is 0 Å². The van der Waals surface area contributed by atoms with Gasteiger partial charge in [-0.25, -0.2) is 33.9 Å². The first-order valence-electron chi connectivity index (χ1n) is 30.0. The first-order chi connectivity index (χ1) is 46.4. The number of primary amides is 1. The van der Waals surface area contributed by atoms with Crippen LogP contribution in [0.25, 0.3) is 11.2 Å². The average Bonchev–Trinajstić information content (AvgIpc) is 0.836. The van der Waals surface area contributed by atoms with E-state index < -0.39 is 175 Å². The summed E-state index contributed by atoms with van der Waals surface area (Å²) < 4.78 is 0. The third-order valence-corrected chi connectivity index (χ3v) is 14.4. The highest BCUT2D eigenvalue weighted by Gasteiger charge is 2.33. The zero-order valence-electron chi connectivity index (χ0n) is 52.1. The normalized spacial score (nSPS) is 12.9. The maximum absolute atomic E-state index is 13.5. The number of carboxylic acids is 6. The number of hydrogen-bond acceptors (Lipinski definition) is 22. The van der Waals surface area contributed by atoms with E-state index in [1.807, 2.05) is 5.32 Å². The summed E-state index contributed by atoms with van der Waals surface area (Å²) in [6.07, 6.45) is -2.13. The van der Waals surface area contributed by atoms with Crippen LogP contribution in [0, 0.1) is 0 Å². The number of fused-ring (bicyclic) bond motifs is 1. The van der Waals surface area contributed by atoms with Gasteiger partial charge in [0.25, 0.3) is 5.91 Å². The van der Waals surface area contributed by atoms with Crippen molar-refractivity contribution < 1.29 is 103 Å². The summed E-state index contributed by atoms with van der Waals surface area (Å²) in [4.78, 5) is 212. The number of urea groups is 2.